The number of rotatable bonds is 5. The van der Waals surface area contributed by atoms with Crippen LogP contribution in [-0.4, -0.2) is 27.4 Å². The van der Waals surface area contributed by atoms with E-state index in [0.717, 1.165) is 11.1 Å². The average molecular weight is 371 g/mol. The summed E-state index contributed by atoms with van der Waals surface area (Å²) < 4.78 is 28.2. The van der Waals surface area contributed by atoms with Gasteiger partial charge in [0.25, 0.3) is 15.7 Å². The van der Waals surface area contributed by atoms with Crippen molar-refractivity contribution in [3.63, 3.8) is 0 Å². The van der Waals surface area contributed by atoms with E-state index in [0.29, 0.717) is 5.39 Å². The Kier molecular flexibility index (Phi) is 4.52. The molecular formula is C18H17N3O4S. The van der Waals surface area contributed by atoms with Crippen molar-refractivity contribution in [2.75, 3.05) is 23.7 Å². The second kappa shape index (κ2) is 6.64. The summed E-state index contributed by atoms with van der Waals surface area (Å²) in [5.41, 5.74) is 0.855. The van der Waals surface area contributed by atoms with Crippen molar-refractivity contribution >= 4 is 37.9 Å². The van der Waals surface area contributed by atoms with Gasteiger partial charge in [0, 0.05) is 42.7 Å². The van der Waals surface area contributed by atoms with Gasteiger partial charge in [0.2, 0.25) is 0 Å². The SMILES string of the molecule is CN(C)c1cccc2c(S(=O)(=O)Nc3cccc([N+](=O)[O-])c3)cccc12. The van der Waals surface area contributed by atoms with Crippen LogP contribution in [0.1, 0.15) is 0 Å². The van der Waals surface area contributed by atoms with Gasteiger partial charge in [0.1, 0.15) is 0 Å². The van der Waals surface area contributed by atoms with Gasteiger partial charge in [-0.05, 0) is 18.2 Å². The molecule has 7 nitrogen and oxygen atoms in total. The van der Waals surface area contributed by atoms with Crippen molar-refractivity contribution in [2.45, 2.75) is 4.90 Å². The first-order valence-corrected chi connectivity index (χ1v) is 9.24. The minimum Gasteiger partial charge on any atom is -0.377 e. The van der Waals surface area contributed by atoms with Crippen LogP contribution < -0.4 is 9.62 Å². The van der Waals surface area contributed by atoms with Crippen LogP contribution in [0.4, 0.5) is 17.1 Å². The second-order valence-corrected chi connectivity index (χ2v) is 7.59. The first-order chi connectivity index (χ1) is 12.3. The molecule has 134 valence electrons. The monoisotopic (exact) mass is 371 g/mol. The average Bonchev–Trinajstić information content (AvgIpc) is 2.60. The molecule has 0 aromatic heterocycles. The fraction of sp³-hybridized carbons (Fsp3) is 0.111. The maximum Gasteiger partial charge on any atom is 0.271 e. The number of non-ortho nitro benzene ring substituents is 1. The Morgan fingerprint density at radius 2 is 1.62 bits per heavy atom. The van der Waals surface area contributed by atoms with E-state index in [1.54, 1.807) is 18.2 Å². The van der Waals surface area contributed by atoms with Crippen molar-refractivity contribution in [1.29, 1.82) is 0 Å². The lowest BCUT2D eigenvalue weighted by molar-refractivity contribution is -0.384. The smallest absolute Gasteiger partial charge is 0.271 e. The van der Waals surface area contributed by atoms with Crippen LogP contribution in [0, 0.1) is 10.1 Å². The molecule has 0 bridgehead atoms. The highest BCUT2D eigenvalue weighted by molar-refractivity contribution is 7.93. The molecule has 0 aliphatic heterocycles. The lowest BCUT2D eigenvalue weighted by atomic mass is 10.1. The topological polar surface area (TPSA) is 92.6 Å². The van der Waals surface area contributed by atoms with Crippen LogP contribution in [0.2, 0.25) is 0 Å². The molecule has 1 N–H and O–H groups in total. The fourth-order valence-electron chi connectivity index (χ4n) is 2.78. The molecular weight excluding hydrogens is 354 g/mol. The van der Waals surface area contributed by atoms with Gasteiger partial charge in [0.15, 0.2) is 0 Å². The Bertz CT molecular complexity index is 1090. The molecule has 3 rings (SSSR count). The maximum atomic E-state index is 12.9. The summed E-state index contributed by atoms with van der Waals surface area (Å²) in [6, 6.07) is 15.9. The Labute approximate surface area is 151 Å². The van der Waals surface area contributed by atoms with Gasteiger partial charge in [0.05, 0.1) is 15.5 Å². The van der Waals surface area contributed by atoms with Crippen LogP contribution in [-0.2, 0) is 10.0 Å². The maximum absolute atomic E-state index is 12.9. The van der Waals surface area contributed by atoms with Gasteiger partial charge in [-0.2, -0.15) is 0 Å². The van der Waals surface area contributed by atoms with Gasteiger partial charge in [-0.25, -0.2) is 8.42 Å². The molecule has 0 spiro atoms. The predicted octanol–water partition coefficient (Wildman–Crippen LogP) is 3.61. The van der Waals surface area contributed by atoms with Crippen LogP contribution in [0.15, 0.2) is 65.6 Å². The lowest BCUT2D eigenvalue weighted by Gasteiger charge is -2.17. The summed E-state index contributed by atoms with van der Waals surface area (Å²) in [4.78, 5) is 12.3. The number of anilines is 2. The van der Waals surface area contributed by atoms with Crippen molar-refractivity contribution in [2.24, 2.45) is 0 Å². The van der Waals surface area contributed by atoms with Gasteiger partial charge in [-0.15, -0.1) is 0 Å². The predicted molar refractivity (Wildman–Crippen MR) is 102 cm³/mol. The van der Waals surface area contributed by atoms with Crippen LogP contribution in [0.3, 0.4) is 0 Å². The highest BCUT2D eigenvalue weighted by Crippen LogP contribution is 2.31. The Hall–Kier alpha value is -3.13. The number of nitro benzene ring substituents is 1. The van der Waals surface area contributed by atoms with E-state index in [2.05, 4.69) is 4.72 Å². The van der Waals surface area contributed by atoms with Crippen LogP contribution >= 0.6 is 0 Å². The number of nitrogens with one attached hydrogen (secondary N) is 1. The number of nitro groups is 1. The first-order valence-electron chi connectivity index (χ1n) is 7.76. The van der Waals surface area contributed by atoms with E-state index < -0.39 is 14.9 Å². The molecule has 3 aromatic rings. The van der Waals surface area contributed by atoms with Crippen LogP contribution in [0.25, 0.3) is 10.8 Å². The molecule has 0 aliphatic carbocycles. The zero-order chi connectivity index (χ0) is 18.9. The molecule has 3 aromatic carbocycles. The number of benzene rings is 3. The molecule has 0 atom stereocenters. The number of nitrogens with zero attached hydrogens (tertiary/aromatic N) is 2. The molecule has 0 fully saturated rings. The lowest BCUT2D eigenvalue weighted by Crippen LogP contribution is -2.14. The largest absolute Gasteiger partial charge is 0.377 e. The second-order valence-electron chi connectivity index (χ2n) is 5.94. The van der Waals surface area contributed by atoms with E-state index in [-0.39, 0.29) is 16.3 Å². The summed E-state index contributed by atoms with van der Waals surface area (Å²) >= 11 is 0. The molecule has 26 heavy (non-hydrogen) atoms. The molecule has 0 saturated heterocycles. The third-order valence-corrected chi connectivity index (χ3v) is 5.38. The molecule has 0 radical (unpaired) electrons. The van der Waals surface area contributed by atoms with Gasteiger partial charge in [-0.1, -0.05) is 30.3 Å². The van der Waals surface area contributed by atoms with Crippen molar-refractivity contribution < 1.29 is 13.3 Å². The quantitative estimate of drug-likeness (QED) is 0.546. The minimum atomic E-state index is -3.92. The number of hydrogen-bond donors (Lipinski definition) is 1. The molecule has 0 amide bonds. The Balaban J connectivity index is 2.09. The van der Waals surface area contributed by atoms with E-state index in [9.17, 15) is 18.5 Å². The standard InChI is InChI=1S/C18H17N3O4S/c1-20(2)17-10-4-9-16-15(17)8-5-11-18(16)26(24,25)19-13-6-3-7-14(12-13)21(22)23/h3-12,19H,1-2H3. The van der Waals surface area contributed by atoms with Crippen molar-refractivity contribution in [3.05, 3.63) is 70.8 Å². The number of hydrogen-bond acceptors (Lipinski definition) is 5. The molecule has 0 aliphatic rings. The van der Waals surface area contributed by atoms with Crippen molar-refractivity contribution in [3.8, 4) is 0 Å². The van der Waals surface area contributed by atoms with Crippen molar-refractivity contribution in [1.82, 2.24) is 0 Å². The van der Waals surface area contributed by atoms with E-state index in [1.807, 2.05) is 31.1 Å². The summed E-state index contributed by atoms with van der Waals surface area (Å²) in [5.74, 6) is 0. The third kappa shape index (κ3) is 3.31. The third-order valence-electron chi connectivity index (χ3n) is 3.94. The summed E-state index contributed by atoms with van der Waals surface area (Å²) in [7, 11) is -0.144. The van der Waals surface area contributed by atoms with Gasteiger partial charge >= 0.3 is 0 Å². The first kappa shape index (κ1) is 17.7. The van der Waals surface area contributed by atoms with E-state index >= 15 is 0 Å². The fourth-order valence-corrected chi connectivity index (χ4v) is 4.05. The van der Waals surface area contributed by atoms with E-state index in [1.165, 1.54) is 30.3 Å². The molecule has 0 saturated carbocycles. The van der Waals surface area contributed by atoms with Crippen LogP contribution in [0.5, 0.6) is 0 Å². The highest BCUT2D eigenvalue weighted by atomic mass is 32.2. The zero-order valence-corrected chi connectivity index (χ0v) is 15.0. The minimum absolute atomic E-state index is 0.116. The number of sulfonamides is 1. The van der Waals surface area contributed by atoms with Gasteiger partial charge < -0.3 is 4.90 Å². The molecule has 0 unspecified atom stereocenters. The number of fused-ring (bicyclic) bond motifs is 1. The highest BCUT2D eigenvalue weighted by Gasteiger charge is 2.19. The van der Waals surface area contributed by atoms with E-state index in [4.69, 9.17) is 0 Å². The zero-order valence-electron chi connectivity index (χ0n) is 14.2. The summed E-state index contributed by atoms with van der Waals surface area (Å²) in [6.07, 6.45) is 0. The molecule has 8 heteroatoms. The molecule has 0 heterocycles. The Morgan fingerprint density at radius 3 is 2.31 bits per heavy atom. The normalized spacial score (nSPS) is 11.3. The van der Waals surface area contributed by atoms with Gasteiger partial charge in [-0.3, -0.25) is 14.8 Å². The summed E-state index contributed by atoms with van der Waals surface area (Å²) in [6.45, 7) is 0. The Morgan fingerprint density at radius 1 is 0.962 bits per heavy atom. The summed E-state index contributed by atoms with van der Waals surface area (Å²) in [5, 5.41) is 12.3.